The van der Waals surface area contributed by atoms with Crippen LogP contribution in [0.3, 0.4) is 0 Å². The number of hydrogen-bond donors (Lipinski definition) is 2. The molecule has 3 nitrogen and oxygen atoms in total. The number of aromatic nitrogens is 1. The van der Waals surface area contributed by atoms with Gasteiger partial charge in [-0.2, -0.15) is 13.2 Å². The third kappa shape index (κ3) is 4.09. The van der Waals surface area contributed by atoms with Crippen molar-refractivity contribution in [1.82, 2.24) is 4.98 Å². The van der Waals surface area contributed by atoms with Gasteiger partial charge in [0.25, 0.3) is 0 Å². The van der Waals surface area contributed by atoms with Gasteiger partial charge in [-0.3, -0.25) is 0 Å². The Morgan fingerprint density at radius 1 is 1.21 bits per heavy atom. The van der Waals surface area contributed by atoms with Gasteiger partial charge in [-0.15, -0.1) is 0 Å². The first-order valence-corrected chi connectivity index (χ1v) is 6.26. The maximum absolute atomic E-state index is 12.5. The van der Waals surface area contributed by atoms with Gasteiger partial charge in [0.2, 0.25) is 0 Å². The van der Waals surface area contributed by atoms with Gasteiger partial charge < -0.3 is 10.4 Å². The van der Waals surface area contributed by atoms with Crippen LogP contribution in [-0.4, -0.2) is 23.2 Å². The predicted octanol–water partition coefficient (Wildman–Crippen LogP) is 3.31. The summed E-state index contributed by atoms with van der Waals surface area (Å²) >= 11 is 0. The third-order valence-electron chi connectivity index (χ3n) is 3.52. The minimum atomic E-state index is -4.44. The second kappa shape index (κ2) is 6.23. The molecule has 0 saturated carbocycles. The number of aliphatic hydroxyl groups is 1. The van der Waals surface area contributed by atoms with Gasteiger partial charge >= 0.3 is 6.18 Å². The van der Waals surface area contributed by atoms with E-state index in [1.807, 2.05) is 13.8 Å². The van der Waals surface area contributed by atoms with Gasteiger partial charge in [0.1, 0.15) is 11.5 Å². The standard InChI is InChI=1S/C13H19F3N2O/c1-3-12(4-2,9-19)8-17-11-7-5-6-10(18-11)13(14,15)16/h5-7,19H,3-4,8-9H2,1-2H3,(H,17,18). The Balaban J connectivity index is 2.78. The fourth-order valence-electron chi connectivity index (χ4n) is 1.75. The Morgan fingerprint density at radius 2 is 1.84 bits per heavy atom. The Morgan fingerprint density at radius 3 is 2.32 bits per heavy atom. The summed E-state index contributed by atoms with van der Waals surface area (Å²) in [7, 11) is 0. The molecule has 0 spiro atoms. The maximum Gasteiger partial charge on any atom is 0.433 e. The van der Waals surface area contributed by atoms with Crippen molar-refractivity contribution >= 4 is 5.82 Å². The van der Waals surface area contributed by atoms with Crippen LogP contribution in [0, 0.1) is 5.41 Å². The molecule has 0 aliphatic carbocycles. The molecule has 0 unspecified atom stereocenters. The average molecular weight is 276 g/mol. The predicted molar refractivity (Wildman–Crippen MR) is 67.8 cm³/mol. The van der Waals surface area contributed by atoms with Crippen molar-refractivity contribution in [2.45, 2.75) is 32.9 Å². The number of halogens is 3. The molecule has 1 heterocycles. The van der Waals surface area contributed by atoms with Crippen molar-refractivity contribution in [2.24, 2.45) is 5.41 Å². The highest BCUT2D eigenvalue weighted by molar-refractivity contribution is 5.36. The summed E-state index contributed by atoms with van der Waals surface area (Å²) in [6.45, 7) is 4.28. The van der Waals surface area contributed by atoms with Gasteiger partial charge in [0, 0.05) is 12.0 Å². The molecule has 1 aromatic heterocycles. The van der Waals surface area contributed by atoms with Gasteiger partial charge in [-0.25, -0.2) is 4.98 Å². The normalized spacial score (nSPS) is 12.5. The molecular weight excluding hydrogens is 257 g/mol. The van der Waals surface area contributed by atoms with E-state index < -0.39 is 11.9 Å². The molecule has 0 aliphatic heterocycles. The van der Waals surface area contributed by atoms with Gasteiger partial charge in [-0.05, 0) is 25.0 Å². The number of rotatable bonds is 6. The zero-order valence-electron chi connectivity index (χ0n) is 11.1. The third-order valence-corrected chi connectivity index (χ3v) is 3.52. The maximum atomic E-state index is 12.5. The van der Waals surface area contributed by atoms with Crippen LogP contribution in [0.2, 0.25) is 0 Å². The molecule has 0 aliphatic rings. The molecule has 0 radical (unpaired) electrons. The number of aliphatic hydroxyl groups excluding tert-OH is 1. The fraction of sp³-hybridized carbons (Fsp3) is 0.615. The molecule has 1 aromatic rings. The van der Waals surface area contributed by atoms with Gasteiger partial charge in [-0.1, -0.05) is 19.9 Å². The van der Waals surface area contributed by atoms with Crippen LogP contribution in [0.5, 0.6) is 0 Å². The van der Waals surface area contributed by atoms with Crippen LogP contribution < -0.4 is 5.32 Å². The number of anilines is 1. The van der Waals surface area contributed by atoms with Crippen molar-refractivity contribution in [3.05, 3.63) is 23.9 Å². The summed E-state index contributed by atoms with van der Waals surface area (Å²) in [5.74, 6) is 0.176. The summed E-state index contributed by atoms with van der Waals surface area (Å²) < 4.78 is 37.5. The van der Waals surface area contributed by atoms with E-state index in [1.165, 1.54) is 12.1 Å². The Labute approximate surface area is 110 Å². The van der Waals surface area contributed by atoms with E-state index >= 15 is 0 Å². The molecule has 19 heavy (non-hydrogen) atoms. The topological polar surface area (TPSA) is 45.1 Å². The summed E-state index contributed by atoms with van der Waals surface area (Å²) in [5, 5.41) is 12.3. The van der Waals surface area contributed by atoms with Crippen molar-refractivity contribution in [3.8, 4) is 0 Å². The SMILES string of the molecule is CCC(CC)(CO)CNc1cccc(C(F)(F)F)n1. The Hall–Kier alpha value is -1.30. The van der Waals surface area contributed by atoms with Crippen LogP contribution >= 0.6 is 0 Å². The molecule has 0 fully saturated rings. The Bertz CT molecular complexity index is 395. The second-order valence-electron chi connectivity index (χ2n) is 4.62. The average Bonchev–Trinajstić information content (AvgIpc) is 2.40. The van der Waals surface area contributed by atoms with Crippen molar-refractivity contribution in [3.63, 3.8) is 0 Å². The highest BCUT2D eigenvalue weighted by Gasteiger charge is 2.32. The van der Waals surface area contributed by atoms with Crippen LogP contribution in [0.4, 0.5) is 19.0 Å². The highest BCUT2D eigenvalue weighted by atomic mass is 19.4. The van der Waals surface area contributed by atoms with Gasteiger partial charge in [0.05, 0.1) is 6.61 Å². The molecule has 1 rings (SSSR count). The fourth-order valence-corrected chi connectivity index (χ4v) is 1.75. The molecule has 0 saturated heterocycles. The first-order chi connectivity index (χ1) is 8.87. The molecule has 0 amide bonds. The summed E-state index contributed by atoms with van der Waals surface area (Å²) in [4.78, 5) is 3.53. The van der Waals surface area contributed by atoms with Crippen molar-refractivity contribution in [1.29, 1.82) is 0 Å². The lowest BCUT2D eigenvalue weighted by molar-refractivity contribution is -0.141. The van der Waals surface area contributed by atoms with Crippen LogP contribution in [-0.2, 0) is 6.18 Å². The Kier molecular flexibility index (Phi) is 5.17. The van der Waals surface area contributed by atoms with E-state index in [4.69, 9.17) is 0 Å². The van der Waals surface area contributed by atoms with E-state index in [9.17, 15) is 18.3 Å². The number of nitrogens with one attached hydrogen (secondary N) is 1. The lowest BCUT2D eigenvalue weighted by atomic mass is 9.83. The largest absolute Gasteiger partial charge is 0.433 e. The van der Waals surface area contributed by atoms with Crippen molar-refractivity contribution < 1.29 is 18.3 Å². The summed E-state index contributed by atoms with van der Waals surface area (Å²) in [6, 6.07) is 3.74. The van der Waals surface area contributed by atoms with Crippen LogP contribution in [0.15, 0.2) is 18.2 Å². The van der Waals surface area contributed by atoms with E-state index in [0.717, 1.165) is 18.9 Å². The van der Waals surface area contributed by atoms with Gasteiger partial charge in [0.15, 0.2) is 0 Å². The zero-order chi connectivity index (χ0) is 14.5. The molecule has 108 valence electrons. The minimum absolute atomic E-state index is 0.00797. The molecule has 0 bridgehead atoms. The molecular formula is C13H19F3N2O. The number of hydrogen-bond acceptors (Lipinski definition) is 3. The van der Waals surface area contributed by atoms with E-state index in [2.05, 4.69) is 10.3 Å². The molecule has 0 aromatic carbocycles. The van der Waals surface area contributed by atoms with E-state index in [-0.39, 0.29) is 17.8 Å². The highest BCUT2D eigenvalue weighted by Crippen LogP contribution is 2.29. The monoisotopic (exact) mass is 276 g/mol. The number of nitrogens with zero attached hydrogens (tertiary/aromatic N) is 1. The minimum Gasteiger partial charge on any atom is -0.396 e. The van der Waals surface area contributed by atoms with E-state index in [0.29, 0.717) is 6.54 Å². The van der Waals surface area contributed by atoms with Crippen LogP contribution in [0.25, 0.3) is 0 Å². The molecule has 0 atom stereocenters. The lowest BCUT2D eigenvalue weighted by Gasteiger charge is -2.29. The quantitative estimate of drug-likeness (QED) is 0.838. The molecule has 6 heteroatoms. The van der Waals surface area contributed by atoms with Crippen molar-refractivity contribution in [2.75, 3.05) is 18.5 Å². The summed E-state index contributed by atoms with van der Waals surface area (Å²) in [5.41, 5.74) is -1.24. The molecule has 2 N–H and O–H groups in total. The summed E-state index contributed by atoms with van der Waals surface area (Å²) in [6.07, 6.45) is -2.96. The van der Waals surface area contributed by atoms with E-state index in [1.54, 1.807) is 0 Å². The number of alkyl halides is 3. The number of pyridine rings is 1. The first-order valence-electron chi connectivity index (χ1n) is 6.26. The lowest BCUT2D eigenvalue weighted by Crippen LogP contribution is -2.32. The first kappa shape index (κ1) is 15.8. The smallest absolute Gasteiger partial charge is 0.396 e. The van der Waals surface area contributed by atoms with Crippen LogP contribution in [0.1, 0.15) is 32.4 Å². The zero-order valence-corrected chi connectivity index (χ0v) is 11.1. The second-order valence-corrected chi connectivity index (χ2v) is 4.62.